The van der Waals surface area contributed by atoms with E-state index in [2.05, 4.69) is 5.32 Å². The maximum atomic E-state index is 12.0. The summed E-state index contributed by atoms with van der Waals surface area (Å²) in [5, 5.41) is 12.2. The summed E-state index contributed by atoms with van der Waals surface area (Å²) in [5.74, 6) is 0.0551. The molecule has 2 aromatic rings. The topological polar surface area (TPSA) is 94.1 Å². The standard InChI is InChI=1S/C21H25NO6/c1-21(19(23)24,12-16-9-10-17(26-2)18(11-16)27-3)14-22-20(25)28-13-15-7-5-4-6-8-15/h4-11H,12-14H2,1-3H3,(H,22,25)(H,23,24). The first-order valence-electron chi connectivity index (χ1n) is 8.77. The summed E-state index contributed by atoms with van der Waals surface area (Å²) in [6, 6.07) is 14.5. The van der Waals surface area contributed by atoms with E-state index in [-0.39, 0.29) is 19.6 Å². The maximum Gasteiger partial charge on any atom is 0.407 e. The Bertz CT molecular complexity index is 808. The number of amides is 1. The van der Waals surface area contributed by atoms with Crippen LogP contribution in [0, 0.1) is 5.41 Å². The molecule has 1 atom stereocenters. The molecule has 2 N–H and O–H groups in total. The van der Waals surface area contributed by atoms with Crippen molar-refractivity contribution in [3.63, 3.8) is 0 Å². The summed E-state index contributed by atoms with van der Waals surface area (Å²) in [5.41, 5.74) is 0.386. The van der Waals surface area contributed by atoms with Crippen molar-refractivity contribution in [1.82, 2.24) is 5.32 Å². The molecular formula is C21H25NO6. The van der Waals surface area contributed by atoms with Crippen LogP contribution < -0.4 is 14.8 Å². The van der Waals surface area contributed by atoms with E-state index in [0.29, 0.717) is 11.5 Å². The second-order valence-electron chi connectivity index (χ2n) is 6.65. The first-order chi connectivity index (χ1) is 13.4. The van der Waals surface area contributed by atoms with Crippen LogP contribution >= 0.6 is 0 Å². The van der Waals surface area contributed by atoms with Gasteiger partial charge in [0.15, 0.2) is 11.5 Å². The van der Waals surface area contributed by atoms with Crippen LogP contribution in [0.25, 0.3) is 0 Å². The zero-order chi connectivity index (χ0) is 20.6. The number of benzene rings is 2. The lowest BCUT2D eigenvalue weighted by molar-refractivity contribution is -0.147. The Labute approximate surface area is 164 Å². The van der Waals surface area contributed by atoms with Gasteiger partial charge in [0.2, 0.25) is 0 Å². The number of carboxylic acids is 1. The summed E-state index contributed by atoms with van der Waals surface area (Å²) in [6.45, 7) is 1.61. The highest BCUT2D eigenvalue weighted by Crippen LogP contribution is 2.31. The summed E-state index contributed by atoms with van der Waals surface area (Å²) < 4.78 is 15.6. The molecule has 0 spiro atoms. The molecule has 0 aliphatic carbocycles. The Balaban J connectivity index is 1.99. The number of carboxylic acid groups (broad SMARTS) is 1. The third-order valence-corrected chi connectivity index (χ3v) is 4.39. The van der Waals surface area contributed by atoms with Gasteiger partial charge in [0.1, 0.15) is 6.61 Å². The molecule has 0 bridgehead atoms. The Morgan fingerprint density at radius 1 is 1.00 bits per heavy atom. The number of hydrogen-bond donors (Lipinski definition) is 2. The minimum Gasteiger partial charge on any atom is -0.493 e. The van der Waals surface area contributed by atoms with Crippen LogP contribution in [0.5, 0.6) is 11.5 Å². The van der Waals surface area contributed by atoms with Gasteiger partial charge in [-0.1, -0.05) is 36.4 Å². The zero-order valence-corrected chi connectivity index (χ0v) is 16.2. The molecule has 0 aliphatic heterocycles. The average molecular weight is 387 g/mol. The van der Waals surface area contributed by atoms with Gasteiger partial charge in [-0.15, -0.1) is 0 Å². The van der Waals surface area contributed by atoms with Crippen LogP contribution in [0.3, 0.4) is 0 Å². The van der Waals surface area contributed by atoms with Crippen molar-refractivity contribution in [3.05, 3.63) is 59.7 Å². The van der Waals surface area contributed by atoms with Gasteiger partial charge in [0.05, 0.1) is 19.6 Å². The predicted molar refractivity (Wildman–Crippen MR) is 104 cm³/mol. The molecule has 28 heavy (non-hydrogen) atoms. The number of alkyl carbamates (subject to hydrolysis) is 1. The van der Waals surface area contributed by atoms with Crippen LogP contribution in [-0.2, 0) is 22.6 Å². The largest absolute Gasteiger partial charge is 0.493 e. The molecule has 1 amide bonds. The number of carbonyl (C=O) groups excluding carboxylic acids is 1. The normalized spacial score (nSPS) is 12.5. The summed E-state index contributed by atoms with van der Waals surface area (Å²) in [4.78, 5) is 23.8. The van der Waals surface area contributed by atoms with Crippen molar-refractivity contribution in [1.29, 1.82) is 0 Å². The summed E-state index contributed by atoms with van der Waals surface area (Å²) >= 11 is 0. The minimum absolute atomic E-state index is 0.0791. The van der Waals surface area contributed by atoms with Crippen LogP contribution in [0.15, 0.2) is 48.5 Å². The number of hydrogen-bond acceptors (Lipinski definition) is 5. The van der Waals surface area contributed by atoms with Crippen LogP contribution in [0.2, 0.25) is 0 Å². The third-order valence-electron chi connectivity index (χ3n) is 4.39. The highest BCUT2D eigenvalue weighted by atomic mass is 16.5. The molecule has 1 unspecified atom stereocenters. The molecule has 0 aromatic heterocycles. The van der Waals surface area contributed by atoms with Crippen molar-refractivity contribution >= 4 is 12.1 Å². The van der Waals surface area contributed by atoms with Crippen LogP contribution in [0.1, 0.15) is 18.1 Å². The Hall–Kier alpha value is -3.22. The predicted octanol–water partition coefficient (Wildman–Crippen LogP) is 3.26. The second kappa shape index (κ2) is 9.64. The third kappa shape index (κ3) is 5.64. The molecule has 0 radical (unpaired) electrons. The first kappa shape index (κ1) is 21.1. The molecule has 0 saturated carbocycles. The molecule has 0 aliphatic rings. The second-order valence-corrected chi connectivity index (χ2v) is 6.65. The van der Waals surface area contributed by atoms with Gasteiger partial charge in [-0.25, -0.2) is 4.79 Å². The lowest BCUT2D eigenvalue weighted by Gasteiger charge is -2.25. The lowest BCUT2D eigenvalue weighted by Crippen LogP contribution is -2.42. The molecule has 0 heterocycles. The van der Waals surface area contributed by atoms with E-state index in [9.17, 15) is 14.7 Å². The van der Waals surface area contributed by atoms with Crippen molar-refractivity contribution in [2.75, 3.05) is 20.8 Å². The van der Waals surface area contributed by atoms with E-state index in [1.165, 1.54) is 14.2 Å². The smallest absolute Gasteiger partial charge is 0.407 e. The van der Waals surface area contributed by atoms with Crippen molar-refractivity contribution in [2.24, 2.45) is 5.41 Å². The highest BCUT2D eigenvalue weighted by molar-refractivity contribution is 5.76. The van der Waals surface area contributed by atoms with E-state index in [1.807, 2.05) is 30.3 Å². The quantitative estimate of drug-likeness (QED) is 0.686. The van der Waals surface area contributed by atoms with Gasteiger partial charge in [0, 0.05) is 6.54 Å². The fourth-order valence-corrected chi connectivity index (χ4v) is 2.70. The summed E-state index contributed by atoms with van der Waals surface area (Å²) in [7, 11) is 3.05. The molecule has 0 fully saturated rings. The van der Waals surface area contributed by atoms with E-state index >= 15 is 0 Å². The number of ether oxygens (including phenoxy) is 3. The molecule has 7 nitrogen and oxygen atoms in total. The Morgan fingerprint density at radius 2 is 1.68 bits per heavy atom. The van der Waals surface area contributed by atoms with Gasteiger partial charge < -0.3 is 24.6 Å². The molecule has 0 saturated heterocycles. The van der Waals surface area contributed by atoms with Crippen molar-refractivity contribution in [3.8, 4) is 11.5 Å². The van der Waals surface area contributed by atoms with Gasteiger partial charge in [0.25, 0.3) is 0 Å². The summed E-state index contributed by atoms with van der Waals surface area (Å²) in [6.07, 6.45) is -0.467. The van der Waals surface area contributed by atoms with Crippen molar-refractivity contribution in [2.45, 2.75) is 20.0 Å². The number of carbonyl (C=O) groups is 2. The van der Waals surface area contributed by atoms with Gasteiger partial charge >= 0.3 is 12.1 Å². The van der Waals surface area contributed by atoms with Gasteiger partial charge in [-0.05, 0) is 36.6 Å². The number of nitrogens with one attached hydrogen (secondary N) is 1. The molecule has 2 aromatic carbocycles. The monoisotopic (exact) mass is 387 g/mol. The minimum atomic E-state index is -1.22. The Morgan fingerprint density at radius 3 is 2.29 bits per heavy atom. The number of aliphatic carboxylic acids is 1. The first-order valence-corrected chi connectivity index (χ1v) is 8.77. The molecular weight excluding hydrogens is 362 g/mol. The molecule has 7 heteroatoms. The molecule has 150 valence electrons. The highest BCUT2D eigenvalue weighted by Gasteiger charge is 2.34. The van der Waals surface area contributed by atoms with Crippen LogP contribution in [0.4, 0.5) is 4.79 Å². The average Bonchev–Trinajstić information content (AvgIpc) is 2.71. The zero-order valence-electron chi connectivity index (χ0n) is 16.2. The van der Waals surface area contributed by atoms with Crippen molar-refractivity contribution < 1.29 is 28.9 Å². The van der Waals surface area contributed by atoms with Crippen LogP contribution in [-0.4, -0.2) is 37.9 Å². The fraction of sp³-hybridized carbons (Fsp3) is 0.333. The fourth-order valence-electron chi connectivity index (χ4n) is 2.70. The van der Waals surface area contributed by atoms with E-state index < -0.39 is 17.5 Å². The Kier molecular flexibility index (Phi) is 7.26. The van der Waals surface area contributed by atoms with E-state index in [4.69, 9.17) is 14.2 Å². The lowest BCUT2D eigenvalue weighted by atomic mass is 9.83. The van der Waals surface area contributed by atoms with Gasteiger partial charge in [-0.3, -0.25) is 4.79 Å². The van der Waals surface area contributed by atoms with E-state index in [0.717, 1.165) is 11.1 Å². The van der Waals surface area contributed by atoms with E-state index in [1.54, 1.807) is 25.1 Å². The van der Waals surface area contributed by atoms with Gasteiger partial charge in [-0.2, -0.15) is 0 Å². The maximum absolute atomic E-state index is 12.0. The number of rotatable bonds is 9. The number of methoxy groups -OCH3 is 2. The molecule has 2 rings (SSSR count). The SMILES string of the molecule is COc1ccc(CC(C)(CNC(=O)OCc2ccccc2)C(=O)O)cc1OC.